The Morgan fingerprint density at radius 3 is 2.28 bits per heavy atom. The highest BCUT2D eigenvalue weighted by Crippen LogP contribution is 2.24. The van der Waals surface area contributed by atoms with Gasteiger partial charge in [-0.2, -0.15) is 4.31 Å². The first-order valence-electron chi connectivity index (χ1n) is 8.53. The lowest BCUT2D eigenvalue weighted by Crippen LogP contribution is -2.48. The quantitative estimate of drug-likeness (QED) is 0.736. The van der Waals surface area contributed by atoms with Crippen LogP contribution in [0.25, 0.3) is 0 Å². The van der Waals surface area contributed by atoms with Crippen LogP contribution in [0.2, 0.25) is 0 Å². The minimum Gasteiger partial charge on any atom is -0.342 e. The Morgan fingerprint density at radius 2 is 1.68 bits per heavy atom. The largest absolute Gasteiger partial charge is 0.342 e. The second-order valence-corrected chi connectivity index (χ2v) is 8.46. The summed E-state index contributed by atoms with van der Waals surface area (Å²) in [4.78, 5) is 27.1. The van der Waals surface area contributed by atoms with Gasteiger partial charge in [0.2, 0.25) is 16.4 Å². The van der Waals surface area contributed by atoms with Gasteiger partial charge in [-0.3, -0.25) is 9.59 Å². The first kappa shape index (κ1) is 17.9. The van der Waals surface area contributed by atoms with Gasteiger partial charge in [0.25, 0.3) is 5.91 Å². The van der Waals surface area contributed by atoms with E-state index in [1.807, 2.05) is 0 Å². The van der Waals surface area contributed by atoms with Crippen molar-refractivity contribution in [3.8, 4) is 0 Å². The molecule has 0 atom stereocenters. The first-order chi connectivity index (χ1) is 11.9. The average molecular weight is 365 g/mol. The Bertz CT molecular complexity index is 764. The van der Waals surface area contributed by atoms with E-state index < -0.39 is 10.0 Å². The molecule has 0 unspecified atom stereocenters. The minimum atomic E-state index is -3.55. The van der Waals surface area contributed by atoms with E-state index in [2.05, 4.69) is 0 Å². The summed E-state index contributed by atoms with van der Waals surface area (Å²) in [6, 6.07) is 4.76. The number of amides is 2. The number of sulfonamides is 1. The fourth-order valence-electron chi connectivity index (χ4n) is 3.27. The van der Waals surface area contributed by atoms with Crippen LogP contribution in [0.3, 0.4) is 0 Å². The van der Waals surface area contributed by atoms with Crippen LogP contribution >= 0.6 is 0 Å². The van der Waals surface area contributed by atoms with Crippen LogP contribution in [0.4, 0.5) is 0 Å². The second-order valence-electron chi connectivity index (χ2n) is 6.52. The number of carbonyl (C=O) groups is 2. The SMILES string of the molecule is Cc1ccc(S(=O)(=O)N2CCCC2)cc1C(=O)N1CCN(C=O)CC1. The molecule has 7 nitrogen and oxygen atoms in total. The second kappa shape index (κ2) is 7.13. The Hall–Kier alpha value is -1.93. The lowest BCUT2D eigenvalue weighted by atomic mass is 10.1. The van der Waals surface area contributed by atoms with E-state index in [0.29, 0.717) is 44.8 Å². The molecule has 1 aromatic rings. The molecule has 2 amide bonds. The summed E-state index contributed by atoms with van der Waals surface area (Å²) in [6.07, 6.45) is 2.53. The van der Waals surface area contributed by atoms with Crippen LogP contribution in [0.1, 0.15) is 28.8 Å². The molecule has 2 saturated heterocycles. The maximum atomic E-state index is 12.8. The number of aryl methyl sites for hydroxylation is 1. The highest BCUT2D eigenvalue weighted by Gasteiger charge is 2.29. The molecule has 2 aliphatic heterocycles. The number of benzene rings is 1. The molecule has 0 aromatic heterocycles. The van der Waals surface area contributed by atoms with Crippen LogP contribution in [0.15, 0.2) is 23.1 Å². The zero-order valence-electron chi connectivity index (χ0n) is 14.3. The van der Waals surface area contributed by atoms with E-state index in [0.717, 1.165) is 24.8 Å². The van der Waals surface area contributed by atoms with Gasteiger partial charge in [0.05, 0.1) is 4.90 Å². The van der Waals surface area contributed by atoms with Crippen LogP contribution in [0.5, 0.6) is 0 Å². The fraction of sp³-hybridized carbons (Fsp3) is 0.529. The van der Waals surface area contributed by atoms with Crippen molar-refractivity contribution in [2.45, 2.75) is 24.7 Å². The lowest BCUT2D eigenvalue weighted by Gasteiger charge is -2.33. The maximum absolute atomic E-state index is 12.8. The van der Waals surface area contributed by atoms with Crippen molar-refractivity contribution in [1.82, 2.24) is 14.1 Å². The van der Waals surface area contributed by atoms with Crippen molar-refractivity contribution in [2.24, 2.45) is 0 Å². The van der Waals surface area contributed by atoms with Gasteiger partial charge in [-0.05, 0) is 37.5 Å². The van der Waals surface area contributed by atoms with Crippen molar-refractivity contribution >= 4 is 22.3 Å². The number of rotatable bonds is 4. The normalized spacial score (nSPS) is 19.2. The smallest absolute Gasteiger partial charge is 0.254 e. The van der Waals surface area contributed by atoms with E-state index in [9.17, 15) is 18.0 Å². The van der Waals surface area contributed by atoms with Gasteiger partial charge in [-0.1, -0.05) is 6.07 Å². The van der Waals surface area contributed by atoms with Gasteiger partial charge in [0.15, 0.2) is 0 Å². The Morgan fingerprint density at radius 1 is 1.04 bits per heavy atom. The molecule has 2 aliphatic rings. The van der Waals surface area contributed by atoms with Crippen LogP contribution in [0, 0.1) is 6.92 Å². The summed E-state index contributed by atoms with van der Waals surface area (Å²) >= 11 is 0. The average Bonchev–Trinajstić information content (AvgIpc) is 3.17. The zero-order chi connectivity index (χ0) is 18.0. The summed E-state index contributed by atoms with van der Waals surface area (Å²) in [5.41, 5.74) is 1.17. The van der Waals surface area contributed by atoms with E-state index in [4.69, 9.17) is 0 Å². The third-order valence-electron chi connectivity index (χ3n) is 4.89. The van der Waals surface area contributed by atoms with Crippen molar-refractivity contribution in [1.29, 1.82) is 0 Å². The third kappa shape index (κ3) is 3.55. The topological polar surface area (TPSA) is 78.0 Å². The lowest BCUT2D eigenvalue weighted by molar-refractivity contribution is -0.119. The van der Waals surface area contributed by atoms with Gasteiger partial charge in [0, 0.05) is 44.8 Å². The summed E-state index contributed by atoms with van der Waals surface area (Å²) in [7, 11) is -3.55. The molecule has 2 heterocycles. The molecule has 8 heteroatoms. The number of nitrogens with zero attached hydrogens (tertiary/aromatic N) is 3. The fourth-order valence-corrected chi connectivity index (χ4v) is 4.81. The van der Waals surface area contributed by atoms with Crippen LogP contribution in [-0.4, -0.2) is 74.1 Å². The number of piperazine rings is 1. The maximum Gasteiger partial charge on any atom is 0.254 e. The molecule has 0 bridgehead atoms. The molecule has 0 saturated carbocycles. The van der Waals surface area contributed by atoms with Gasteiger partial charge >= 0.3 is 0 Å². The van der Waals surface area contributed by atoms with E-state index >= 15 is 0 Å². The Balaban J connectivity index is 1.84. The van der Waals surface area contributed by atoms with E-state index in [1.165, 1.54) is 10.4 Å². The molecule has 136 valence electrons. The molecule has 0 aliphatic carbocycles. The highest BCUT2D eigenvalue weighted by atomic mass is 32.2. The highest BCUT2D eigenvalue weighted by molar-refractivity contribution is 7.89. The van der Waals surface area contributed by atoms with Crippen molar-refractivity contribution in [3.05, 3.63) is 29.3 Å². The summed E-state index contributed by atoms with van der Waals surface area (Å²) in [6.45, 7) is 4.79. The molecule has 0 radical (unpaired) electrons. The van der Waals surface area contributed by atoms with Crippen molar-refractivity contribution in [3.63, 3.8) is 0 Å². The summed E-state index contributed by atoms with van der Waals surface area (Å²) < 4.78 is 26.9. The van der Waals surface area contributed by atoms with Crippen molar-refractivity contribution in [2.75, 3.05) is 39.3 Å². The number of hydrogen-bond donors (Lipinski definition) is 0. The first-order valence-corrected chi connectivity index (χ1v) is 9.97. The summed E-state index contributed by atoms with van der Waals surface area (Å²) in [5.74, 6) is -0.179. The summed E-state index contributed by atoms with van der Waals surface area (Å²) in [5, 5.41) is 0. The standard InChI is InChI=1S/C17H23N3O4S/c1-14-4-5-15(25(23,24)20-6-2-3-7-20)12-16(14)17(22)19-10-8-18(13-21)9-11-19/h4-5,12-13H,2-3,6-11H2,1H3. The monoisotopic (exact) mass is 365 g/mol. The van der Waals surface area contributed by atoms with Gasteiger partial charge < -0.3 is 9.80 Å². The van der Waals surface area contributed by atoms with Crippen LogP contribution in [-0.2, 0) is 14.8 Å². The van der Waals surface area contributed by atoms with Crippen LogP contribution < -0.4 is 0 Å². The molecule has 3 rings (SSSR count). The molecule has 0 spiro atoms. The molecule has 0 N–H and O–H groups in total. The van der Waals surface area contributed by atoms with E-state index in [-0.39, 0.29) is 10.8 Å². The molecule has 2 fully saturated rings. The molecule has 25 heavy (non-hydrogen) atoms. The van der Waals surface area contributed by atoms with Gasteiger partial charge in [-0.25, -0.2) is 8.42 Å². The van der Waals surface area contributed by atoms with Gasteiger partial charge in [0.1, 0.15) is 0 Å². The predicted octanol–water partition coefficient (Wildman–Crippen LogP) is 0.694. The molecular formula is C17H23N3O4S. The Labute approximate surface area is 148 Å². The molecule has 1 aromatic carbocycles. The number of hydrogen-bond acceptors (Lipinski definition) is 4. The van der Waals surface area contributed by atoms with E-state index in [1.54, 1.807) is 28.9 Å². The molecular weight excluding hydrogens is 342 g/mol. The van der Waals surface area contributed by atoms with Crippen molar-refractivity contribution < 1.29 is 18.0 Å². The Kier molecular flexibility index (Phi) is 5.10. The minimum absolute atomic E-state index is 0.176. The third-order valence-corrected chi connectivity index (χ3v) is 6.79. The zero-order valence-corrected chi connectivity index (χ0v) is 15.2. The predicted molar refractivity (Wildman–Crippen MR) is 92.7 cm³/mol. The number of carbonyl (C=O) groups excluding carboxylic acids is 2. The van der Waals surface area contributed by atoms with Gasteiger partial charge in [-0.15, -0.1) is 0 Å².